The molecule has 0 spiro atoms. The second-order valence-corrected chi connectivity index (χ2v) is 4.76. The normalized spacial score (nSPS) is 10.2. The maximum atomic E-state index is 9.36. The molecule has 0 aliphatic heterocycles. The van der Waals surface area contributed by atoms with Gasteiger partial charge in [0.25, 0.3) is 0 Å². The number of hydrogen-bond acceptors (Lipinski definition) is 3. The highest BCUT2D eigenvalue weighted by molar-refractivity contribution is 7.71. The van der Waals surface area contributed by atoms with Gasteiger partial charge < -0.3 is 10.3 Å². The van der Waals surface area contributed by atoms with Crippen LogP contribution in [0.4, 0.5) is 11.4 Å². The summed E-state index contributed by atoms with van der Waals surface area (Å²) < 4.78 is 0.449. The SMILES string of the molecule is N#Cc1c(Nc2ccccc2)c2ccccc2[nH]c1=S. The van der Waals surface area contributed by atoms with Gasteiger partial charge in [0.2, 0.25) is 0 Å². The Morgan fingerprint density at radius 3 is 2.45 bits per heavy atom. The van der Waals surface area contributed by atoms with Gasteiger partial charge in [-0.15, -0.1) is 0 Å². The van der Waals surface area contributed by atoms with Crippen molar-refractivity contribution in [2.45, 2.75) is 0 Å². The number of para-hydroxylation sites is 2. The summed E-state index contributed by atoms with van der Waals surface area (Å²) in [6.07, 6.45) is 0. The van der Waals surface area contributed by atoms with Gasteiger partial charge >= 0.3 is 0 Å². The van der Waals surface area contributed by atoms with Crippen molar-refractivity contribution >= 4 is 34.5 Å². The number of nitriles is 1. The number of hydrogen-bond donors (Lipinski definition) is 2. The zero-order valence-corrected chi connectivity index (χ0v) is 11.4. The first kappa shape index (κ1) is 12.4. The molecule has 0 atom stereocenters. The number of fused-ring (bicyclic) bond motifs is 1. The minimum Gasteiger partial charge on any atom is -0.354 e. The van der Waals surface area contributed by atoms with Crippen LogP contribution >= 0.6 is 12.2 Å². The molecule has 0 saturated carbocycles. The lowest BCUT2D eigenvalue weighted by Gasteiger charge is -2.12. The molecule has 0 unspecified atom stereocenters. The average molecular weight is 277 g/mol. The van der Waals surface area contributed by atoms with Gasteiger partial charge in [0.1, 0.15) is 16.3 Å². The molecular formula is C16H11N3S. The lowest BCUT2D eigenvalue weighted by molar-refractivity contribution is 1.33. The third-order valence-electron chi connectivity index (χ3n) is 3.08. The van der Waals surface area contributed by atoms with Crippen LogP contribution in [0.1, 0.15) is 5.56 Å². The summed E-state index contributed by atoms with van der Waals surface area (Å²) in [5.41, 5.74) is 3.05. The molecule has 3 nitrogen and oxygen atoms in total. The predicted molar refractivity (Wildman–Crippen MR) is 83.6 cm³/mol. The number of nitrogens with zero attached hydrogens (tertiary/aromatic N) is 1. The molecule has 0 bridgehead atoms. The lowest BCUT2D eigenvalue weighted by atomic mass is 10.1. The fourth-order valence-electron chi connectivity index (χ4n) is 2.15. The number of H-pyrrole nitrogens is 1. The zero-order chi connectivity index (χ0) is 13.9. The van der Waals surface area contributed by atoms with Crippen molar-refractivity contribution in [2.24, 2.45) is 0 Å². The number of pyridine rings is 1. The minimum absolute atomic E-state index is 0.449. The molecular weight excluding hydrogens is 266 g/mol. The average Bonchev–Trinajstić information content (AvgIpc) is 2.48. The van der Waals surface area contributed by atoms with Crippen LogP contribution in [0.3, 0.4) is 0 Å². The van der Waals surface area contributed by atoms with Crippen LogP contribution in [0.25, 0.3) is 10.9 Å². The van der Waals surface area contributed by atoms with E-state index in [0.29, 0.717) is 10.2 Å². The highest BCUT2D eigenvalue weighted by Gasteiger charge is 2.10. The lowest BCUT2D eigenvalue weighted by Crippen LogP contribution is -1.97. The fraction of sp³-hybridized carbons (Fsp3) is 0. The van der Waals surface area contributed by atoms with E-state index < -0.39 is 0 Å². The van der Waals surface area contributed by atoms with E-state index in [0.717, 1.165) is 22.3 Å². The molecule has 3 rings (SSSR count). The summed E-state index contributed by atoms with van der Waals surface area (Å²) in [7, 11) is 0. The Hall–Kier alpha value is -2.64. The first-order chi connectivity index (χ1) is 9.79. The Kier molecular flexibility index (Phi) is 3.20. The first-order valence-electron chi connectivity index (χ1n) is 6.17. The minimum atomic E-state index is 0.449. The number of aromatic amines is 1. The van der Waals surface area contributed by atoms with Crippen LogP contribution in [-0.4, -0.2) is 4.98 Å². The molecule has 0 saturated heterocycles. The van der Waals surface area contributed by atoms with Gasteiger partial charge in [-0.2, -0.15) is 5.26 Å². The molecule has 0 aliphatic carbocycles. The molecule has 0 amide bonds. The van der Waals surface area contributed by atoms with E-state index in [-0.39, 0.29) is 0 Å². The van der Waals surface area contributed by atoms with Crippen molar-refractivity contribution in [3.8, 4) is 6.07 Å². The number of aromatic nitrogens is 1. The van der Waals surface area contributed by atoms with Gasteiger partial charge in [-0.3, -0.25) is 0 Å². The van der Waals surface area contributed by atoms with Crippen molar-refractivity contribution in [1.82, 2.24) is 4.98 Å². The molecule has 4 heteroatoms. The molecule has 0 fully saturated rings. The summed E-state index contributed by atoms with van der Waals surface area (Å²) in [6, 6.07) is 19.7. The van der Waals surface area contributed by atoms with Crippen LogP contribution < -0.4 is 5.32 Å². The first-order valence-corrected chi connectivity index (χ1v) is 6.57. The monoisotopic (exact) mass is 277 g/mol. The van der Waals surface area contributed by atoms with E-state index in [1.807, 2.05) is 54.6 Å². The maximum absolute atomic E-state index is 9.36. The molecule has 1 heterocycles. The van der Waals surface area contributed by atoms with Gasteiger partial charge in [-0.1, -0.05) is 48.6 Å². The largest absolute Gasteiger partial charge is 0.354 e. The van der Waals surface area contributed by atoms with Crippen LogP contribution in [0.5, 0.6) is 0 Å². The van der Waals surface area contributed by atoms with Gasteiger partial charge in [-0.25, -0.2) is 0 Å². The molecule has 2 N–H and O–H groups in total. The van der Waals surface area contributed by atoms with Gasteiger partial charge in [0, 0.05) is 16.6 Å². The molecule has 20 heavy (non-hydrogen) atoms. The van der Waals surface area contributed by atoms with Crippen molar-refractivity contribution in [2.75, 3.05) is 5.32 Å². The van der Waals surface area contributed by atoms with E-state index in [2.05, 4.69) is 16.4 Å². The summed E-state index contributed by atoms with van der Waals surface area (Å²) in [5.74, 6) is 0. The molecule has 2 aromatic carbocycles. The summed E-state index contributed by atoms with van der Waals surface area (Å²) in [6.45, 7) is 0. The van der Waals surface area contributed by atoms with E-state index in [4.69, 9.17) is 12.2 Å². The Labute approximate surface area is 121 Å². The van der Waals surface area contributed by atoms with Crippen molar-refractivity contribution < 1.29 is 0 Å². The van der Waals surface area contributed by atoms with Gasteiger partial charge in [0.05, 0.1) is 5.69 Å². The second-order valence-electron chi connectivity index (χ2n) is 4.35. The van der Waals surface area contributed by atoms with Gasteiger partial charge in [-0.05, 0) is 18.2 Å². The van der Waals surface area contributed by atoms with E-state index >= 15 is 0 Å². The molecule has 3 aromatic rings. The molecule has 1 aromatic heterocycles. The number of nitrogens with one attached hydrogen (secondary N) is 2. The zero-order valence-electron chi connectivity index (χ0n) is 10.6. The van der Waals surface area contributed by atoms with E-state index in [9.17, 15) is 5.26 Å². The van der Waals surface area contributed by atoms with E-state index in [1.54, 1.807) is 0 Å². The van der Waals surface area contributed by atoms with Crippen molar-refractivity contribution in [1.29, 1.82) is 5.26 Å². The van der Waals surface area contributed by atoms with Gasteiger partial charge in [0.15, 0.2) is 0 Å². The summed E-state index contributed by atoms with van der Waals surface area (Å²) >= 11 is 5.26. The second kappa shape index (κ2) is 5.16. The highest BCUT2D eigenvalue weighted by Crippen LogP contribution is 2.29. The van der Waals surface area contributed by atoms with Crippen LogP contribution in [0.15, 0.2) is 54.6 Å². The molecule has 0 radical (unpaired) electrons. The Morgan fingerprint density at radius 2 is 1.70 bits per heavy atom. The third kappa shape index (κ3) is 2.15. The van der Waals surface area contributed by atoms with Crippen LogP contribution in [-0.2, 0) is 0 Å². The Balaban J connectivity index is 2.27. The van der Waals surface area contributed by atoms with Crippen molar-refractivity contribution in [3.05, 3.63) is 64.8 Å². The summed E-state index contributed by atoms with van der Waals surface area (Å²) in [5, 5.41) is 13.6. The standard InChI is InChI=1S/C16H11N3S/c17-10-13-15(18-11-6-2-1-3-7-11)12-8-4-5-9-14(12)19-16(13)20/h1-9H,(H2,18,19,20). The fourth-order valence-corrected chi connectivity index (χ4v) is 2.40. The third-order valence-corrected chi connectivity index (χ3v) is 3.38. The number of rotatable bonds is 2. The van der Waals surface area contributed by atoms with Crippen LogP contribution in [0.2, 0.25) is 0 Å². The smallest absolute Gasteiger partial charge is 0.123 e. The number of benzene rings is 2. The molecule has 96 valence electrons. The Morgan fingerprint density at radius 1 is 1.00 bits per heavy atom. The molecule has 0 aliphatic rings. The predicted octanol–water partition coefficient (Wildman–Crippen LogP) is 4.51. The highest BCUT2D eigenvalue weighted by atomic mass is 32.1. The quantitative estimate of drug-likeness (QED) is 0.677. The van der Waals surface area contributed by atoms with Crippen molar-refractivity contribution in [3.63, 3.8) is 0 Å². The van der Waals surface area contributed by atoms with Crippen LogP contribution in [0, 0.1) is 16.0 Å². The number of anilines is 2. The summed E-state index contributed by atoms with van der Waals surface area (Å²) in [4.78, 5) is 3.09. The maximum Gasteiger partial charge on any atom is 0.123 e. The topological polar surface area (TPSA) is 51.6 Å². The van der Waals surface area contributed by atoms with E-state index in [1.165, 1.54) is 0 Å². The Bertz CT molecular complexity index is 860.